The molecule has 0 saturated carbocycles. The molecule has 13 heavy (non-hydrogen) atoms. The van der Waals surface area contributed by atoms with Gasteiger partial charge in [0, 0.05) is 9.58 Å². The maximum atomic E-state index is 8.85. The predicted octanol–water partition coefficient (Wildman–Crippen LogP) is 3.42. The number of hydrogen-bond donors (Lipinski definition) is 1. The Morgan fingerprint density at radius 1 is 1.23 bits per heavy atom. The maximum Gasteiger partial charge on any atom is 0.0774 e. The normalized spacial score (nSPS) is 9.46. The number of fused-ring (bicyclic) bond motifs is 1. The fourth-order valence-electron chi connectivity index (χ4n) is 1.11. The van der Waals surface area contributed by atoms with Gasteiger partial charge in [-0.1, -0.05) is 32.0 Å². The highest BCUT2D eigenvalue weighted by atomic mass is 32.1. The lowest BCUT2D eigenvalue weighted by Crippen LogP contribution is -1.69. The van der Waals surface area contributed by atoms with Crippen molar-refractivity contribution in [2.75, 3.05) is 0 Å². The molecule has 0 unspecified atom stereocenters. The van der Waals surface area contributed by atoms with Crippen LogP contribution in [0.1, 0.15) is 18.7 Å². The van der Waals surface area contributed by atoms with Crippen LogP contribution in [0.4, 0.5) is 0 Å². The zero-order valence-electron chi connectivity index (χ0n) is 7.95. The van der Waals surface area contributed by atoms with E-state index in [1.807, 2.05) is 32.0 Å². The van der Waals surface area contributed by atoms with E-state index in [4.69, 9.17) is 5.11 Å². The summed E-state index contributed by atoms with van der Waals surface area (Å²) in [6.07, 6.45) is 0. The molecule has 0 atom stereocenters. The third kappa shape index (κ3) is 2.29. The van der Waals surface area contributed by atoms with Gasteiger partial charge in [-0.25, -0.2) is 0 Å². The van der Waals surface area contributed by atoms with Crippen molar-refractivity contribution in [3.05, 3.63) is 35.2 Å². The topological polar surface area (TPSA) is 20.2 Å². The quantitative estimate of drug-likeness (QED) is 0.737. The van der Waals surface area contributed by atoms with Gasteiger partial charge in [0.1, 0.15) is 0 Å². The van der Waals surface area contributed by atoms with Crippen molar-refractivity contribution in [3.8, 4) is 0 Å². The molecule has 2 heteroatoms. The fourth-order valence-corrected chi connectivity index (χ4v) is 2.04. The average molecular weight is 194 g/mol. The van der Waals surface area contributed by atoms with E-state index in [-0.39, 0.29) is 6.61 Å². The summed E-state index contributed by atoms with van der Waals surface area (Å²) < 4.78 is 1.25. The van der Waals surface area contributed by atoms with E-state index in [2.05, 4.69) is 12.1 Å². The average Bonchev–Trinajstić information content (AvgIpc) is 2.63. The van der Waals surface area contributed by atoms with Gasteiger partial charge in [0.25, 0.3) is 0 Å². The molecule has 2 aromatic rings. The Balaban J connectivity index is 0.000000396. The first-order valence-corrected chi connectivity index (χ1v) is 5.30. The van der Waals surface area contributed by atoms with Gasteiger partial charge in [-0.2, -0.15) is 0 Å². The Bertz CT molecular complexity index is 332. The van der Waals surface area contributed by atoms with Crippen LogP contribution in [-0.2, 0) is 6.61 Å². The van der Waals surface area contributed by atoms with Crippen LogP contribution >= 0.6 is 11.3 Å². The fraction of sp³-hybridized carbons (Fsp3) is 0.273. The third-order valence-electron chi connectivity index (χ3n) is 1.63. The van der Waals surface area contributed by atoms with Gasteiger partial charge in [0.15, 0.2) is 0 Å². The predicted molar refractivity (Wildman–Crippen MR) is 59.1 cm³/mol. The molecule has 1 heterocycles. The molecule has 0 aliphatic heterocycles. The van der Waals surface area contributed by atoms with E-state index in [9.17, 15) is 0 Å². The first kappa shape index (κ1) is 10.2. The highest BCUT2D eigenvalue weighted by Gasteiger charge is 1.97. The van der Waals surface area contributed by atoms with Crippen LogP contribution in [0.25, 0.3) is 10.1 Å². The Morgan fingerprint density at radius 3 is 2.54 bits per heavy atom. The third-order valence-corrected chi connectivity index (χ3v) is 2.73. The molecular weight excluding hydrogens is 180 g/mol. The largest absolute Gasteiger partial charge is 0.391 e. The standard InChI is InChI=1S/C9H8OS.C2H6/c10-6-8-5-7-3-1-2-4-9(7)11-8;1-2/h1-5,10H,6H2;1-2H3. The van der Waals surface area contributed by atoms with Crippen molar-refractivity contribution in [1.82, 2.24) is 0 Å². The SMILES string of the molecule is CC.OCc1cc2ccccc2s1. The zero-order valence-corrected chi connectivity index (χ0v) is 8.77. The number of thiophene rings is 1. The Kier molecular flexibility index (Phi) is 3.93. The summed E-state index contributed by atoms with van der Waals surface area (Å²) in [6, 6.07) is 10.2. The Hall–Kier alpha value is -0.860. The van der Waals surface area contributed by atoms with Crippen LogP contribution in [0, 0.1) is 0 Å². The molecule has 0 aliphatic carbocycles. The molecule has 0 fully saturated rings. The van der Waals surface area contributed by atoms with Crippen LogP contribution in [0.15, 0.2) is 30.3 Å². The summed E-state index contributed by atoms with van der Waals surface area (Å²) >= 11 is 1.65. The van der Waals surface area contributed by atoms with E-state index in [0.29, 0.717) is 0 Å². The van der Waals surface area contributed by atoms with Gasteiger partial charge in [0.05, 0.1) is 6.61 Å². The van der Waals surface area contributed by atoms with Crippen LogP contribution in [-0.4, -0.2) is 5.11 Å². The number of rotatable bonds is 1. The molecule has 70 valence electrons. The van der Waals surface area contributed by atoms with Crippen molar-refractivity contribution in [2.24, 2.45) is 0 Å². The van der Waals surface area contributed by atoms with Crippen LogP contribution in [0.2, 0.25) is 0 Å². The summed E-state index contributed by atoms with van der Waals surface area (Å²) in [7, 11) is 0. The van der Waals surface area contributed by atoms with Crippen LogP contribution < -0.4 is 0 Å². The molecule has 0 bridgehead atoms. The molecule has 2 rings (SSSR count). The highest BCUT2D eigenvalue weighted by Crippen LogP contribution is 2.24. The van der Waals surface area contributed by atoms with Crippen molar-refractivity contribution < 1.29 is 5.11 Å². The number of aliphatic hydroxyl groups excluding tert-OH is 1. The van der Waals surface area contributed by atoms with E-state index >= 15 is 0 Å². The summed E-state index contributed by atoms with van der Waals surface area (Å²) in [5, 5.41) is 10.1. The van der Waals surface area contributed by atoms with E-state index in [0.717, 1.165) is 4.88 Å². The highest BCUT2D eigenvalue weighted by molar-refractivity contribution is 7.19. The Morgan fingerprint density at radius 2 is 1.92 bits per heavy atom. The van der Waals surface area contributed by atoms with Crippen molar-refractivity contribution in [1.29, 1.82) is 0 Å². The second kappa shape index (κ2) is 5.00. The zero-order chi connectivity index (χ0) is 9.68. The first-order valence-electron chi connectivity index (χ1n) is 4.48. The molecule has 0 amide bonds. The van der Waals surface area contributed by atoms with E-state index in [1.54, 1.807) is 11.3 Å². The molecular formula is C11H14OS. The Labute approximate surface area is 82.6 Å². The van der Waals surface area contributed by atoms with Crippen molar-refractivity contribution >= 4 is 21.4 Å². The lowest BCUT2D eigenvalue weighted by molar-refractivity contribution is 0.285. The summed E-state index contributed by atoms with van der Waals surface area (Å²) in [6.45, 7) is 4.15. The summed E-state index contributed by atoms with van der Waals surface area (Å²) in [5.41, 5.74) is 0. The monoisotopic (exact) mass is 194 g/mol. The minimum absolute atomic E-state index is 0.152. The van der Waals surface area contributed by atoms with Gasteiger partial charge in [0.2, 0.25) is 0 Å². The lowest BCUT2D eigenvalue weighted by Gasteiger charge is -1.82. The van der Waals surface area contributed by atoms with Gasteiger partial charge in [-0.05, 0) is 17.5 Å². The van der Waals surface area contributed by atoms with Crippen molar-refractivity contribution in [2.45, 2.75) is 20.5 Å². The van der Waals surface area contributed by atoms with Crippen LogP contribution in [0.5, 0.6) is 0 Å². The molecule has 1 N–H and O–H groups in total. The molecule has 0 saturated heterocycles. The summed E-state index contributed by atoms with van der Waals surface area (Å²) in [5.74, 6) is 0. The van der Waals surface area contributed by atoms with Gasteiger partial charge < -0.3 is 5.11 Å². The number of aliphatic hydroxyl groups is 1. The first-order chi connectivity index (χ1) is 6.40. The second-order valence-corrected chi connectivity index (χ2v) is 3.58. The van der Waals surface area contributed by atoms with Gasteiger partial charge in [-0.3, -0.25) is 0 Å². The van der Waals surface area contributed by atoms with Crippen LogP contribution in [0.3, 0.4) is 0 Å². The van der Waals surface area contributed by atoms with Gasteiger partial charge >= 0.3 is 0 Å². The lowest BCUT2D eigenvalue weighted by atomic mass is 10.2. The smallest absolute Gasteiger partial charge is 0.0774 e. The minimum atomic E-state index is 0.152. The molecule has 0 radical (unpaired) electrons. The van der Waals surface area contributed by atoms with Crippen molar-refractivity contribution in [3.63, 3.8) is 0 Å². The van der Waals surface area contributed by atoms with E-state index in [1.165, 1.54) is 10.1 Å². The van der Waals surface area contributed by atoms with E-state index < -0.39 is 0 Å². The maximum absolute atomic E-state index is 8.85. The number of hydrogen-bond acceptors (Lipinski definition) is 2. The molecule has 1 aromatic heterocycles. The molecule has 1 aromatic carbocycles. The van der Waals surface area contributed by atoms with Gasteiger partial charge in [-0.15, -0.1) is 11.3 Å². The summed E-state index contributed by atoms with van der Waals surface area (Å²) in [4.78, 5) is 1.03. The molecule has 0 spiro atoms. The molecule has 0 aliphatic rings. The minimum Gasteiger partial charge on any atom is -0.391 e. The second-order valence-electron chi connectivity index (χ2n) is 2.41. The molecule has 1 nitrogen and oxygen atoms in total. The number of benzene rings is 1.